The lowest BCUT2D eigenvalue weighted by atomic mass is 10.2. The molecule has 1 aromatic rings. The van der Waals surface area contributed by atoms with Crippen LogP contribution in [0.25, 0.3) is 0 Å². The van der Waals surface area contributed by atoms with Crippen molar-refractivity contribution in [3.63, 3.8) is 0 Å². The molecule has 1 aliphatic heterocycles. The molecule has 6 heteroatoms. The first-order valence-electron chi connectivity index (χ1n) is 6.90. The molecule has 1 saturated heterocycles. The lowest BCUT2D eigenvalue weighted by Crippen LogP contribution is -2.37. The summed E-state index contributed by atoms with van der Waals surface area (Å²) in [5.74, 6) is 0.396. The Bertz CT molecular complexity index is 460. The van der Waals surface area contributed by atoms with Crippen molar-refractivity contribution >= 4 is 30.0 Å². The van der Waals surface area contributed by atoms with Crippen molar-refractivity contribution in [2.24, 2.45) is 10.7 Å². The van der Waals surface area contributed by atoms with Gasteiger partial charge in [0.1, 0.15) is 0 Å². The molecular formula is C14H22N4OS. The second-order valence-corrected chi connectivity index (χ2v) is 5.24. The van der Waals surface area contributed by atoms with Crippen molar-refractivity contribution < 1.29 is 4.74 Å². The van der Waals surface area contributed by atoms with Crippen LogP contribution < -0.4 is 16.0 Å². The maximum Gasteiger partial charge on any atom is 0.194 e. The Morgan fingerprint density at radius 2 is 2.15 bits per heavy atom. The van der Waals surface area contributed by atoms with Gasteiger partial charge in [0.15, 0.2) is 5.96 Å². The molecule has 0 spiro atoms. The molecule has 3 N–H and O–H groups in total. The second-order valence-electron chi connectivity index (χ2n) is 4.64. The van der Waals surface area contributed by atoms with Crippen molar-refractivity contribution in [1.82, 2.24) is 0 Å². The van der Waals surface area contributed by atoms with Gasteiger partial charge < -0.3 is 20.7 Å². The minimum atomic E-state index is -0.0713. The van der Waals surface area contributed by atoms with Crippen molar-refractivity contribution in [3.8, 4) is 0 Å². The fraction of sp³-hybridized carbons (Fsp3) is 0.500. The molecule has 1 fully saturated rings. The van der Waals surface area contributed by atoms with Gasteiger partial charge in [0, 0.05) is 13.1 Å². The van der Waals surface area contributed by atoms with Gasteiger partial charge in [-0.3, -0.25) is 0 Å². The first-order chi connectivity index (χ1) is 9.70. The second kappa shape index (κ2) is 7.40. The van der Waals surface area contributed by atoms with Crippen LogP contribution in [0.15, 0.2) is 29.3 Å². The molecule has 2 rings (SSSR count). The van der Waals surface area contributed by atoms with Crippen LogP contribution in [0, 0.1) is 0 Å². The number of rotatable bonds is 4. The van der Waals surface area contributed by atoms with Crippen molar-refractivity contribution in [1.29, 1.82) is 0 Å². The summed E-state index contributed by atoms with van der Waals surface area (Å²) in [4.78, 5) is 6.57. The molecule has 0 radical (unpaired) electrons. The van der Waals surface area contributed by atoms with Crippen molar-refractivity contribution in [2.75, 3.05) is 36.5 Å². The Hall–Kier alpha value is -1.40. The third kappa shape index (κ3) is 4.05. The first kappa shape index (κ1) is 15.0. The molecule has 1 aliphatic rings. The zero-order valence-electron chi connectivity index (χ0n) is 11.7. The molecule has 1 aromatic carbocycles. The quantitative estimate of drug-likeness (QED) is 0.451. The van der Waals surface area contributed by atoms with E-state index in [4.69, 9.17) is 10.5 Å². The highest BCUT2D eigenvalue weighted by Gasteiger charge is 2.14. The highest BCUT2D eigenvalue weighted by Crippen LogP contribution is 2.26. The molecular weight excluding hydrogens is 272 g/mol. The Balaban J connectivity index is 2.13. The predicted molar refractivity (Wildman–Crippen MR) is 87.8 cm³/mol. The highest BCUT2D eigenvalue weighted by molar-refractivity contribution is 7.80. The number of morpholine rings is 1. The number of ether oxygens (including phenoxy) is 1. The van der Waals surface area contributed by atoms with E-state index in [0.717, 1.165) is 44.1 Å². The average Bonchev–Trinajstić information content (AvgIpc) is 2.48. The van der Waals surface area contributed by atoms with E-state index in [1.807, 2.05) is 25.1 Å². The van der Waals surface area contributed by atoms with E-state index in [1.165, 1.54) is 0 Å². The third-order valence-corrected chi connectivity index (χ3v) is 3.65. The lowest BCUT2D eigenvalue weighted by molar-refractivity contribution is 0.123. The van der Waals surface area contributed by atoms with Gasteiger partial charge >= 0.3 is 0 Å². The molecule has 110 valence electrons. The zero-order chi connectivity index (χ0) is 14.4. The van der Waals surface area contributed by atoms with Gasteiger partial charge in [-0.1, -0.05) is 19.1 Å². The number of aliphatic imine (C=N–C) groups is 1. The number of hydrogen-bond acceptors (Lipinski definition) is 4. The van der Waals surface area contributed by atoms with Crippen LogP contribution in [-0.4, -0.2) is 37.6 Å². The fourth-order valence-electron chi connectivity index (χ4n) is 2.08. The number of para-hydroxylation sites is 2. The Morgan fingerprint density at radius 1 is 1.45 bits per heavy atom. The smallest absolute Gasteiger partial charge is 0.194 e. The number of guanidine groups is 1. The zero-order valence-corrected chi connectivity index (χ0v) is 12.6. The first-order valence-corrected chi connectivity index (χ1v) is 7.42. The molecule has 0 aromatic heterocycles. The van der Waals surface area contributed by atoms with Gasteiger partial charge in [0.2, 0.25) is 0 Å². The van der Waals surface area contributed by atoms with Gasteiger partial charge in [-0.05, 0) is 18.6 Å². The highest BCUT2D eigenvalue weighted by atomic mass is 32.1. The van der Waals surface area contributed by atoms with E-state index in [1.54, 1.807) is 0 Å². The lowest BCUT2D eigenvalue weighted by Gasteiger charge is -2.30. The molecule has 1 heterocycles. The van der Waals surface area contributed by atoms with Crippen LogP contribution in [0.1, 0.15) is 13.3 Å². The Labute approximate surface area is 125 Å². The number of nitrogens with two attached hydrogens (primary N) is 1. The Kier molecular flexibility index (Phi) is 5.55. The minimum Gasteiger partial charge on any atom is -0.378 e. The van der Waals surface area contributed by atoms with E-state index in [2.05, 4.69) is 33.9 Å². The standard InChI is InChI=1S/C14H22N4OS/c1-2-13(20)17-14(15)16-11-5-3-4-6-12(11)18-7-9-19-10-8-18/h3-6,13,20H,2,7-10H2,1H3,(H3,15,16,17). The number of thiol groups is 1. The van der Waals surface area contributed by atoms with Gasteiger partial charge in [0.25, 0.3) is 0 Å². The summed E-state index contributed by atoms with van der Waals surface area (Å²) in [6.07, 6.45) is 0.844. The fourth-order valence-corrected chi connectivity index (χ4v) is 2.21. The predicted octanol–water partition coefficient (Wildman–Crippen LogP) is 1.92. The largest absolute Gasteiger partial charge is 0.378 e. The third-order valence-electron chi connectivity index (χ3n) is 3.17. The summed E-state index contributed by atoms with van der Waals surface area (Å²) in [6, 6.07) is 8.10. The van der Waals surface area contributed by atoms with Crippen LogP contribution in [0.2, 0.25) is 0 Å². The van der Waals surface area contributed by atoms with Crippen LogP contribution >= 0.6 is 12.6 Å². The SMILES string of the molecule is CCC(S)N=C(N)Nc1ccccc1N1CCOCC1. The molecule has 0 bridgehead atoms. The number of anilines is 2. The monoisotopic (exact) mass is 294 g/mol. The van der Waals surface area contributed by atoms with Crippen LogP contribution in [0.3, 0.4) is 0 Å². The molecule has 20 heavy (non-hydrogen) atoms. The number of benzene rings is 1. The number of nitrogens with one attached hydrogen (secondary N) is 1. The Morgan fingerprint density at radius 3 is 2.85 bits per heavy atom. The summed E-state index contributed by atoms with van der Waals surface area (Å²) in [5.41, 5.74) is 8.02. The van der Waals surface area contributed by atoms with Gasteiger partial charge in [0.05, 0.1) is 30.0 Å². The molecule has 0 amide bonds. The summed E-state index contributed by atoms with van der Waals surface area (Å²) in [7, 11) is 0. The maximum atomic E-state index is 5.93. The van der Waals surface area contributed by atoms with Crippen molar-refractivity contribution in [2.45, 2.75) is 18.7 Å². The van der Waals surface area contributed by atoms with Crippen LogP contribution in [0.5, 0.6) is 0 Å². The van der Waals surface area contributed by atoms with E-state index in [-0.39, 0.29) is 5.37 Å². The summed E-state index contributed by atoms with van der Waals surface area (Å²) in [5, 5.41) is 3.10. The maximum absolute atomic E-state index is 5.93. The normalized spacial score (nSPS) is 17.9. The van der Waals surface area contributed by atoms with Crippen LogP contribution in [-0.2, 0) is 4.74 Å². The van der Waals surface area contributed by atoms with Gasteiger partial charge in [-0.15, -0.1) is 0 Å². The minimum absolute atomic E-state index is 0.0713. The topological polar surface area (TPSA) is 62.9 Å². The molecule has 0 saturated carbocycles. The average molecular weight is 294 g/mol. The van der Waals surface area contributed by atoms with E-state index in [9.17, 15) is 0 Å². The summed E-state index contributed by atoms with van der Waals surface area (Å²) in [6.45, 7) is 5.31. The summed E-state index contributed by atoms with van der Waals surface area (Å²) >= 11 is 4.33. The van der Waals surface area contributed by atoms with E-state index >= 15 is 0 Å². The van der Waals surface area contributed by atoms with Crippen LogP contribution in [0.4, 0.5) is 11.4 Å². The van der Waals surface area contributed by atoms with Gasteiger partial charge in [-0.2, -0.15) is 12.6 Å². The summed E-state index contributed by atoms with van der Waals surface area (Å²) < 4.78 is 5.39. The molecule has 0 aliphatic carbocycles. The molecule has 5 nitrogen and oxygen atoms in total. The van der Waals surface area contributed by atoms with Gasteiger partial charge in [-0.25, -0.2) is 4.99 Å². The van der Waals surface area contributed by atoms with E-state index in [0.29, 0.717) is 5.96 Å². The number of nitrogens with zero attached hydrogens (tertiary/aromatic N) is 2. The van der Waals surface area contributed by atoms with E-state index < -0.39 is 0 Å². The number of hydrogen-bond donors (Lipinski definition) is 3. The van der Waals surface area contributed by atoms with Crippen molar-refractivity contribution in [3.05, 3.63) is 24.3 Å². The molecule has 1 atom stereocenters. The molecule has 1 unspecified atom stereocenters.